The smallest absolute Gasteiger partial charge is 0.316 e. The molecule has 1 aromatic carbocycles. The SMILES string of the molecule is [11CH3]N1C2CC(OC(=O)[C@H](CO)c3ccccc3)CC1C1OC12. The van der Waals surface area contributed by atoms with Crippen molar-refractivity contribution in [1.29, 1.82) is 0 Å². The van der Waals surface area contributed by atoms with Gasteiger partial charge in [0.2, 0.25) is 0 Å². The normalized spacial score (nSPS) is 37.5. The summed E-state index contributed by atoms with van der Waals surface area (Å²) in [7, 11) is 2.13. The van der Waals surface area contributed by atoms with Crippen molar-refractivity contribution in [3.63, 3.8) is 0 Å². The van der Waals surface area contributed by atoms with Crippen molar-refractivity contribution < 1.29 is 19.4 Å². The number of piperidine rings is 1. The van der Waals surface area contributed by atoms with E-state index in [-0.39, 0.29) is 18.7 Å². The van der Waals surface area contributed by atoms with Crippen LogP contribution in [0.5, 0.6) is 0 Å². The Hall–Kier alpha value is -1.43. The molecule has 5 atom stereocenters. The molecule has 4 unspecified atom stereocenters. The number of carbonyl (C=O) groups excluding carboxylic acids is 1. The number of aliphatic hydroxyl groups is 1. The number of rotatable bonds is 4. The second-order valence-corrected chi connectivity index (χ2v) is 6.54. The predicted octanol–water partition coefficient (Wildman–Crippen LogP) is 0.918. The van der Waals surface area contributed by atoms with Gasteiger partial charge in [-0.2, -0.15) is 0 Å². The van der Waals surface area contributed by atoms with Gasteiger partial charge in [-0.05, 0) is 12.6 Å². The number of morpholine rings is 1. The summed E-state index contributed by atoms with van der Waals surface area (Å²) < 4.78 is 11.4. The molecule has 1 aromatic rings. The molecule has 4 rings (SSSR count). The molecule has 3 saturated heterocycles. The van der Waals surface area contributed by atoms with Gasteiger partial charge in [-0.1, -0.05) is 30.3 Å². The molecule has 3 aliphatic heterocycles. The van der Waals surface area contributed by atoms with Crippen LogP contribution in [0, 0.1) is 0 Å². The standard InChI is InChI=1S/C17H21NO4/c1-18-13-7-11(8-14(18)16-15(13)22-16)21-17(20)12(9-19)10-5-3-2-4-6-10/h2-6,11-16,19H,7-9H2,1H3/t11?,12-,13?,14?,15?,16?/m1/s1/i1-1. The maximum atomic E-state index is 12.4. The predicted molar refractivity (Wildman–Crippen MR) is 79.4 cm³/mol. The van der Waals surface area contributed by atoms with Gasteiger partial charge in [0.05, 0.1) is 6.61 Å². The van der Waals surface area contributed by atoms with Crippen LogP contribution >= 0.6 is 0 Å². The first-order valence-corrected chi connectivity index (χ1v) is 7.92. The van der Waals surface area contributed by atoms with Crippen molar-refractivity contribution in [2.24, 2.45) is 0 Å². The number of benzene rings is 1. The van der Waals surface area contributed by atoms with Gasteiger partial charge >= 0.3 is 5.97 Å². The molecule has 0 amide bonds. The van der Waals surface area contributed by atoms with E-state index in [4.69, 9.17) is 9.47 Å². The molecule has 1 N–H and O–H groups in total. The van der Waals surface area contributed by atoms with E-state index in [9.17, 15) is 9.90 Å². The first-order valence-electron chi connectivity index (χ1n) is 7.92. The average Bonchev–Trinajstić information content (AvgIpc) is 3.27. The monoisotopic (exact) mass is 302 g/mol. The molecule has 22 heavy (non-hydrogen) atoms. The molecular weight excluding hydrogens is 281 g/mol. The lowest BCUT2D eigenvalue weighted by Crippen LogP contribution is -2.48. The highest BCUT2D eigenvalue weighted by Gasteiger charge is 2.62. The van der Waals surface area contributed by atoms with E-state index >= 15 is 0 Å². The summed E-state index contributed by atoms with van der Waals surface area (Å²) in [5.74, 6) is -0.915. The lowest BCUT2D eigenvalue weighted by atomic mass is 9.96. The maximum absolute atomic E-state index is 12.4. The van der Waals surface area contributed by atoms with E-state index in [2.05, 4.69) is 11.9 Å². The van der Waals surface area contributed by atoms with Crippen molar-refractivity contribution in [1.82, 2.24) is 4.90 Å². The van der Waals surface area contributed by atoms with Crippen LogP contribution in [0.25, 0.3) is 0 Å². The number of carbonyl (C=O) groups is 1. The topological polar surface area (TPSA) is 62.3 Å². The Labute approximate surface area is 129 Å². The third-order valence-corrected chi connectivity index (χ3v) is 5.33. The van der Waals surface area contributed by atoms with Crippen molar-refractivity contribution >= 4 is 5.97 Å². The van der Waals surface area contributed by atoms with E-state index in [1.807, 2.05) is 30.3 Å². The Morgan fingerprint density at radius 1 is 1.32 bits per heavy atom. The fourth-order valence-corrected chi connectivity index (χ4v) is 4.04. The van der Waals surface area contributed by atoms with Gasteiger partial charge in [-0.15, -0.1) is 0 Å². The largest absolute Gasteiger partial charge is 0.462 e. The highest BCUT2D eigenvalue weighted by molar-refractivity contribution is 5.78. The third-order valence-electron chi connectivity index (χ3n) is 5.33. The first-order chi connectivity index (χ1) is 10.7. The molecule has 5 nitrogen and oxygen atoms in total. The molecule has 3 fully saturated rings. The zero-order valence-electron chi connectivity index (χ0n) is 12.6. The van der Waals surface area contributed by atoms with Crippen molar-refractivity contribution in [2.45, 2.75) is 49.2 Å². The summed E-state index contributed by atoms with van der Waals surface area (Å²) in [5.41, 5.74) is 0.803. The number of hydrogen-bond donors (Lipinski definition) is 1. The zero-order chi connectivity index (χ0) is 15.3. The minimum Gasteiger partial charge on any atom is -0.462 e. The lowest BCUT2D eigenvalue weighted by Gasteiger charge is -2.38. The molecule has 0 spiro atoms. The van der Waals surface area contributed by atoms with Gasteiger partial charge in [0.25, 0.3) is 0 Å². The fraction of sp³-hybridized carbons (Fsp3) is 0.588. The molecule has 5 heteroatoms. The fourth-order valence-electron chi connectivity index (χ4n) is 4.04. The summed E-state index contributed by atoms with van der Waals surface area (Å²) in [4.78, 5) is 14.8. The van der Waals surface area contributed by atoms with Gasteiger partial charge in [0, 0.05) is 24.9 Å². The zero-order valence-corrected chi connectivity index (χ0v) is 12.6. The maximum Gasteiger partial charge on any atom is 0.316 e. The Morgan fingerprint density at radius 3 is 2.55 bits per heavy atom. The second-order valence-electron chi connectivity index (χ2n) is 6.54. The van der Waals surface area contributed by atoms with E-state index in [0.717, 1.165) is 18.4 Å². The van der Waals surface area contributed by atoms with E-state index in [0.29, 0.717) is 24.3 Å². The van der Waals surface area contributed by atoms with Crippen LogP contribution in [-0.2, 0) is 14.3 Å². The Kier molecular flexibility index (Phi) is 3.44. The molecule has 2 bridgehead atoms. The van der Waals surface area contributed by atoms with Gasteiger partial charge in [-0.3, -0.25) is 9.69 Å². The molecule has 3 aliphatic rings. The van der Waals surface area contributed by atoms with Crippen LogP contribution in [-0.4, -0.2) is 60.0 Å². The summed E-state index contributed by atoms with van der Waals surface area (Å²) in [6.45, 7) is -0.226. The Bertz CT molecular complexity index is 545. The first kappa shape index (κ1) is 14.2. The Morgan fingerprint density at radius 2 is 1.95 bits per heavy atom. The van der Waals surface area contributed by atoms with E-state index in [1.165, 1.54) is 0 Å². The van der Waals surface area contributed by atoms with E-state index < -0.39 is 5.92 Å². The third kappa shape index (κ3) is 2.24. The van der Waals surface area contributed by atoms with Crippen LogP contribution in [0.3, 0.4) is 0 Å². The highest BCUT2D eigenvalue weighted by atomic mass is 16.6. The van der Waals surface area contributed by atoms with Crippen molar-refractivity contribution in [3.8, 4) is 0 Å². The number of likely N-dealkylation sites (N-methyl/N-ethyl adjacent to an activating group) is 1. The lowest BCUT2D eigenvalue weighted by molar-refractivity contribution is -0.156. The number of fused-ring (bicyclic) bond motifs is 5. The minimum absolute atomic E-state index is 0.0622. The highest BCUT2D eigenvalue weighted by Crippen LogP contribution is 2.48. The van der Waals surface area contributed by atoms with E-state index in [1.54, 1.807) is 0 Å². The van der Waals surface area contributed by atoms with Gasteiger partial charge in [0.15, 0.2) is 0 Å². The molecular formula is C17H21NO4. The summed E-state index contributed by atoms with van der Waals surface area (Å²) in [6.07, 6.45) is 2.26. The quantitative estimate of drug-likeness (QED) is 0.662. The average molecular weight is 302 g/mol. The number of esters is 1. The molecule has 0 aromatic heterocycles. The number of nitrogens with zero attached hydrogens (tertiary/aromatic N) is 1. The van der Waals surface area contributed by atoms with Gasteiger partial charge in [-0.25, -0.2) is 0 Å². The summed E-state index contributed by atoms with van der Waals surface area (Å²) in [5, 5.41) is 9.56. The van der Waals surface area contributed by atoms with Gasteiger partial charge < -0.3 is 14.6 Å². The second kappa shape index (κ2) is 5.33. The molecule has 3 heterocycles. The van der Waals surface area contributed by atoms with Crippen molar-refractivity contribution in [3.05, 3.63) is 35.9 Å². The minimum atomic E-state index is -0.593. The molecule has 118 valence electrons. The molecule has 0 radical (unpaired) electrons. The van der Waals surface area contributed by atoms with Crippen LogP contribution in [0.4, 0.5) is 0 Å². The number of aliphatic hydroxyl groups excluding tert-OH is 1. The molecule has 0 saturated carbocycles. The number of ether oxygens (including phenoxy) is 2. The van der Waals surface area contributed by atoms with Gasteiger partial charge in [0.1, 0.15) is 24.2 Å². The number of epoxide rings is 1. The summed E-state index contributed by atoms with van der Waals surface area (Å²) >= 11 is 0. The van der Waals surface area contributed by atoms with Crippen LogP contribution in [0.2, 0.25) is 0 Å². The van der Waals surface area contributed by atoms with Crippen LogP contribution < -0.4 is 0 Å². The summed E-state index contributed by atoms with van der Waals surface area (Å²) in [6, 6.07) is 10.1. The molecule has 0 aliphatic carbocycles. The van der Waals surface area contributed by atoms with Crippen LogP contribution in [0.15, 0.2) is 30.3 Å². The Balaban J connectivity index is 1.42. The number of hydrogen-bond acceptors (Lipinski definition) is 5. The van der Waals surface area contributed by atoms with Crippen molar-refractivity contribution in [2.75, 3.05) is 13.7 Å². The van der Waals surface area contributed by atoms with Crippen LogP contribution in [0.1, 0.15) is 24.3 Å².